The van der Waals surface area contributed by atoms with Crippen molar-refractivity contribution in [3.05, 3.63) is 224 Å². The van der Waals surface area contributed by atoms with Crippen LogP contribution < -0.4 is 0 Å². The summed E-state index contributed by atoms with van der Waals surface area (Å²) in [6.07, 6.45) is 8.26. The largest absolute Gasteiger partial charge is 0.478 e. The molecule has 0 aliphatic carbocycles. The number of piperidine rings is 2. The number of hydrogen-bond donors (Lipinski definition) is 4. The van der Waals surface area contributed by atoms with E-state index in [1.165, 1.54) is 22.3 Å². The number of carboxylic acid groups (broad SMARTS) is 2. The SMILES string of the molecule is CC(C)(C)c1ccc(C(O)CCCN2CCC(OC(c3ccccc3)c3ccc(Cl)cc3)CC2)cc1.CC(C)(C)c1ccc(C(O)CCCN2CCC(OC(c3ccccc3)c3ccc(Cl)cc3)CC2)cc1.O=C(O)/C=C/C(=O)O. The molecule has 0 saturated carbocycles. The monoisotopic (exact) mass is 1130 g/mol. The first kappa shape index (κ1) is 63.5. The zero-order chi connectivity index (χ0) is 57.7. The number of likely N-dealkylation sites (tertiary alicyclic amines) is 2. The van der Waals surface area contributed by atoms with E-state index < -0.39 is 24.1 Å². The molecule has 2 aliphatic rings. The molecule has 2 aliphatic heterocycles. The minimum absolute atomic E-state index is 0.0835. The first-order valence-electron chi connectivity index (χ1n) is 28.3. The summed E-state index contributed by atoms with van der Waals surface area (Å²) in [4.78, 5) is 24.1. The van der Waals surface area contributed by atoms with Gasteiger partial charge < -0.3 is 39.7 Å². The van der Waals surface area contributed by atoms with E-state index in [1.807, 2.05) is 36.4 Å². The number of nitrogens with zero attached hydrogens (tertiary/aromatic N) is 2. The number of carbonyl (C=O) groups is 2. The van der Waals surface area contributed by atoms with Crippen LogP contribution in [0.4, 0.5) is 0 Å². The van der Waals surface area contributed by atoms with Gasteiger partial charge in [0.1, 0.15) is 12.2 Å². The fourth-order valence-corrected chi connectivity index (χ4v) is 10.3. The van der Waals surface area contributed by atoms with Gasteiger partial charge in [-0.05, 0) is 144 Å². The smallest absolute Gasteiger partial charge is 0.328 e. The summed E-state index contributed by atoms with van der Waals surface area (Å²) >= 11 is 12.3. The van der Waals surface area contributed by atoms with E-state index >= 15 is 0 Å². The summed E-state index contributed by atoms with van der Waals surface area (Å²) in [7, 11) is 0. The third-order valence-electron chi connectivity index (χ3n) is 14.9. The maximum atomic E-state index is 10.7. The molecule has 4 atom stereocenters. The van der Waals surface area contributed by atoms with Gasteiger partial charge in [-0.2, -0.15) is 0 Å². The fraction of sp³-hybridized carbons (Fsp3) is 0.412. The van der Waals surface area contributed by atoms with Crippen LogP contribution in [0, 0.1) is 0 Å². The van der Waals surface area contributed by atoms with Crippen molar-refractivity contribution in [1.29, 1.82) is 0 Å². The van der Waals surface area contributed by atoms with Gasteiger partial charge in [-0.1, -0.05) is 198 Å². The lowest BCUT2D eigenvalue weighted by atomic mass is 9.86. The standard InChI is InChI=1S/2C32H40ClNO2.C4H4O4/c2*1-32(2,3)27-15-11-24(12-16-27)30(35)10-7-21-34-22-19-29(20-23-34)36-31(25-8-5-4-6-9-25)26-13-17-28(33)18-14-26;5-3(6)1-2-4(7)8/h2*4-6,8-9,11-18,29-31,35H,7,10,19-23H2,1-3H3;1-2H,(H,5,6)(H,7,8)/b;;2-1+. The predicted molar refractivity (Wildman–Crippen MR) is 324 cm³/mol. The minimum Gasteiger partial charge on any atom is -0.478 e. The summed E-state index contributed by atoms with van der Waals surface area (Å²) < 4.78 is 13.4. The van der Waals surface area contributed by atoms with Gasteiger partial charge in [0.05, 0.1) is 24.4 Å². The highest BCUT2D eigenvalue weighted by atomic mass is 35.5. The number of aliphatic hydroxyl groups excluding tert-OH is 2. The number of ether oxygens (including phenoxy) is 2. The summed E-state index contributed by atoms with van der Waals surface area (Å²) in [5.41, 5.74) is 9.52. The van der Waals surface area contributed by atoms with Crippen LogP contribution in [-0.4, -0.2) is 93.6 Å². The highest BCUT2D eigenvalue weighted by Crippen LogP contribution is 2.34. The van der Waals surface area contributed by atoms with Crippen LogP contribution in [0.1, 0.15) is 162 Å². The van der Waals surface area contributed by atoms with Crippen LogP contribution in [0.25, 0.3) is 0 Å². The number of halogens is 2. The van der Waals surface area contributed by atoms with Crippen molar-refractivity contribution in [2.45, 2.75) is 140 Å². The average molecular weight is 1130 g/mol. The maximum absolute atomic E-state index is 10.7. The minimum atomic E-state index is -1.26. The van der Waals surface area contributed by atoms with Crippen molar-refractivity contribution >= 4 is 35.1 Å². The number of carboxylic acids is 2. The molecule has 4 N–H and O–H groups in total. The highest BCUT2D eigenvalue weighted by Gasteiger charge is 2.27. The molecule has 6 aromatic carbocycles. The molecule has 2 saturated heterocycles. The molecule has 428 valence electrons. The van der Waals surface area contributed by atoms with Crippen LogP contribution in [0.5, 0.6) is 0 Å². The average Bonchev–Trinajstić information content (AvgIpc) is 3.45. The predicted octanol–water partition coefficient (Wildman–Crippen LogP) is 15.2. The molecule has 0 radical (unpaired) electrons. The van der Waals surface area contributed by atoms with E-state index in [2.05, 4.69) is 173 Å². The molecule has 80 heavy (non-hydrogen) atoms. The van der Waals surface area contributed by atoms with Gasteiger partial charge in [-0.25, -0.2) is 9.59 Å². The molecular formula is C68H84Cl2N2O8. The van der Waals surface area contributed by atoms with E-state index in [9.17, 15) is 19.8 Å². The summed E-state index contributed by atoms with van der Waals surface area (Å²) in [6, 6.07) is 53.8. The van der Waals surface area contributed by atoms with Gasteiger partial charge in [0.15, 0.2) is 0 Å². The molecule has 4 unspecified atom stereocenters. The van der Waals surface area contributed by atoms with Crippen molar-refractivity contribution in [3.8, 4) is 0 Å². The van der Waals surface area contributed by atoms with Gasteiger partial charge in [-0.3, -0.25) is 0 Å². The van der Waals surface area contributed by atoms with Crippen molar-refractivity contribution in [2.75, 3.05) is 39.3 Å². The summed E-state index contributed by atoms with van der Waals surface area (Å²) in [5.74, 6) is -2.51. The Hall–Kier alpha value is -5.66. The number of benzene rings is 6. The number of hydrogen-bond acceptors (Lipinski definition) is 8. The topological polar surface area (TPSA) is 140 Å². The van der Waals surface area contributed by atoms with Gasteiger partial charge in [0.25, 0.3) is 0 Å². The lowest BCUT2D eigenvalue weighted by Gasteiger charge is -2.34. The first-order chi connectivity index (χ1) is 38.2. The Morgan fingerprint density at radius 1 is 0.475 bits per heavy atom. The van der Waals surface area contributed by atoms with E-state index in [0.29, 0.717) is 12.2 Å². The first-order valence-corrected chi connectivity index (χ1v) is 29.0. The van der Waals surface area contributed by atoms with E-state index in [0.717, 1.165) is 123 Å². The van der Waals surface area contributed by atoms with Crippen LogP contribution in [0.3, 0.4) is 0 Å². The Morgan fingerprint density at radius 3 is 1.05 bits per heavy atom. The van der Waals surface area contributed by atoms with Crippen LogP contribution >= 0.6 is 23.2 Å². The maximum Gasteiger partial charge on any atom is 0.328 e. The lowest BCUT2D eigenvalue weighted by molar-refractivity contribution is -0.134. The Morgan fingerprint density at radius 2 is 0.762 bits per heavy atom. The molecule has 0 aromatic heterocycles. The molecule has 2 heterocycles. The third-order valence-corrected chi connectivity index (χ3v) is 15.4. The van der Waals surface area contributed by atoms with E-state index in [4.69, 9.17) is 42.9 Å². The molecular weight excluding hydrogens is 1040 g/mol. The molecule has 12 heteroatoms. The van der Waals surface area contributed by atoms with E-state index in [-0.39, 0.29) is 35.2 Å². The molecule has 6 aromatic rings. The van der Waals surface area contributed by atoms with Crippen LogP contribution in [0.15, 0.2) is 170 Å². The molecule has 0 amide bonds. The van der Waals surface area contributed by atoms with Gasteiger partial charge in [0.2, 0.25) is 0 Å². The van der Waals surface area contributed by atoms with Crippen molar-refractivity contribution in [1.82, 2.24) is 9.80 Å². The number of aliphatic hydroxyl groups is 2. The Bertz CT molecular complexity index is 2570. The van der Waals surface area contributed by atoms with Crippen molar-refractivity contribution in [3.63, 3.8) is 0 Å². The second-order valence-electron chi connectivity index (χ2n) is 23.1. The van der Waals surface area contributed by atoms with Gasteiger partial charge in [0, 0.05) is 48.4 Å². The van der Waals surface area contributed by atoms with Crippen molar-refractivity contribution < 1.29 is 39.5 Å². The molecule has 8 rings (SSSR count). The van der Waals surface area contributed by atoms with Gasteiger partial charge >= 0.3 is 11.9 Å². The Labute approximate surface area is 486 Å². The van der Waals surface area contributed by atoms with Crippen LogP contribution in [0.2, 0.25) is 10.0 Å². The number of rotatable bonds is 20. The highest BCUT2D eigenvalue weighted by molar-refractivity contribution is 6.30. The van der Waals surface area contributed by atoms with Gasteiger partial charge in [-0.15, -0.1) is 0 Å². The Balaban J connectivity index is 0.000000227. The number of aliphatic carboxylic acids is 2. The quantitative estimate of drug-likeness (QED) is 0.0546. The molecule has 0 spiro atoms. The van der Waals surface area contributed by atoms with E-state index in [1.54, 1.807) is 0 Å². The van der Waals surface area contributed by atoms with Crippen LogP contribution in [-0.2, 0) is 29.9 Å². The summed E-state index contributed by atoms with van der Waals surface area (Å²) in [5, 5.41) is 38.5. The third kappa shape index (κ3) is 21.3. The molecule has 2 fully saturated rings. The zero-order valence-electron chi connectivity index (χ0n) is 47.6. The van der Waals surface area contributed by atoms with Crippen molar-refractivity contribution in [2.24, 2.45) is 0 Å². The molecule has 0 bridgehead atoms. The second kappa shape index (κ2) is 31.5. The summed E-state index contributed by atoms with van der Waals surface area (Å²) in [6.45, 7) is 19.4. The molecule has 10 nitrogen and oxygen atoms in total. The Kier molecular flexibility index (Phi) is 25.0. The zero-order valence-corrected chi connectivity index (χ0v) is 49.1. The lowest BCUT2D eigenvalue weighted by Crippen LogP contribution is -2.38. The second-order valence-corrected chi connectivity index (χ2v) is 24.0. The normalized spacial score (nSPS) is 16.4. The fourth-order valence-electron chi connectivity index (χ4n) is 10.1.